The third-order valence-electron chi connectivity index (χ3n) is 3.34. The summed E-state index contributed by atoms with van der Waals surface area (Å²) < 4.78 is 0. The summed E-state index contributed by atoms with van der Waals surface area (Å²) in [6.45, 7) is 0. The molecule has 0 amide bonds. The SMILES string of the molecule is c1nc(-c2ccc(-c3cn[nH]c3)cc2)c2cc[nH]c2n1. The number of nitrogens with one attached hydrogen (secondary N) is 2. The summed E-state index contributed by atoms with van der Waals surface area (Å²) in [5.74, 6) is 0. The monoisotopic (exact) mass is 261 g/mol. The van der Waals surface area contributed by atoms with Crippen LogP contribution in [0.1, 0.15) is 0 Å². The van der Waals surface area contributed by atoms with E-state index in [9.17, 15) is 0 Å². The molecule has 3 heterocycles. The summed E-state index contributed by atoms with van der Waals surface area (Å²) in [6, 6.07) is 10.3. The Bertz CT molecular complexity index is 844. The van der Waals surface area contributed by atoms with Crippen LogP contribution in [0.5, 0.6) is 0 Å². The molecule has 0 aliphatic rings. The van der Waals surface area contributed by atoms with Gasteiger partial charge in [-0.3, -0.25) is 5.10 Å². The normalized spacial score (nSPS) is 11.0. The first-order chi connectivity index (χ1) is 9.92. The molecule has 0 saturated heterocycles. The number of hydrogen-bond acceptors (Lipinski definition) is 3. The molecule has 20 heavy (non-hydrogen) atoms. The summed E-state index contributed by atoms with van der Waals surface area (Å²) in [4.78, 5) is 11.7. The number of aromatic amines is 2. The second kappa shape index (κ2) is 4.31. The molecule has 1 aromatic carbocycles. The van der Waals surface area contributed by atoms with Crippen LogP contribution in [-0.2, 0) is 0 Å². The summed E-state index contributed by atoms with van der Waals surface area (Å²) in [5.41, 5.74) is 5.07. The fourth-order valence-electron chi connectivity index (χ4n) is 2.33. The standard InChI is InChI=1S/C15H11N5/c1-3-11(4-2-10(1)12-7-19-20-8-12)14-13-5-6-16-15(13)18-9-17-14/h1-9H,(H,19,20)(H,16,17,18). The van der Waals surface area contributed by atoms with Gasteiger partial charge < -0.3 is 4.98 Å². The number of aromatic nitrogens is 5. The molecule has 5 nitrogen and oxygen atoms in total. The van der Waals surface area contributed by atoms with Crippen molar-refractivity contribution < 1.29 is 0 Å². The van der Waals surface area contributed by atoms with Gasteiger partial charge in [0.05, 0.1) is 11.9 Å². The van der Waals surface area contributed by atoms with Gasteiger partial charge in [-0.2, -0.15) is 5.10 Å². The first kappa shape index (κ1) is 10.9. The van der Waals surface area contributed by atoms with Crippen molar-refractivity contribution in [2.45, 2.75) is 0 Å². The van der Waals surface area contributed by atoms with Gasteiger partial charge in [-0.1, -0.05) is 24.3 Å². The van der Waals surface area contributed by atoms with Crippen LogP contribution >= 0.6 is 0 Å². The Morgan fingerprint density at radius 3 is 2.50 bits per heavy atom. The number of nitrogens with zero attached hydrogens (tertiary/aromatic N) is 3. The number of rotatable bonds is 2. The van der Waals surface area contributed by atoms with Gasteiger partial charge in [0, 0.05) is 28.9 Å². The van der Waals surface area contributed by atoms with Crippen molar-refractivity contribution in [2.24, 2.45) is 0 Å². The molecule has 3 aromatic heterocycles. The van der Waals surface area contributed by atoms with Crippen LogP contribution in [0.4, 0.5) is 0 Å². The molecule has 4 aromatic rings. The topological polar surface area (TPSA) is 70.2 Å². The van der Waals surface area contributed by atoms with Gasteiger partial charge in [0.2, 0.25) is 0 Å². The second-order valence-corrected chi connectivity index (χ2v) is 4.53. The van der Waals surface area contributed by atoms with E-state index >= 15 is 0 Å². The van der Waals surface area contributed by atoms with E-state index in [0.29, 0.717) is 0 Å². The van der Waals surface area contributed by atoms with Crippen LogP contribution in [0.25, 0.3) is 33.4 Å². The minimum atomic E-state index is 0.855. The highest BCUT2D eigenvalue weighted by Crippen LogP contribution is 2.27. The third kappa shape index (κ3) is 1.68. The van der Waals surface area contributed by atoms with E-state index in [1.165, 1.54) is 0 Å². The van der Waals surface area contributed by atoms with E-state index in [4.69, 9.17) is 0 Å². The van der Waals surface area contributed by atoms with Gasteiger partial charge in [-0.15, -0.1) is 0 Å². The molecule has 4 rings (SSSR count). The van der Waals surface area contributed by atoms with Gasteiger partial charge in [-0.05, 0) is 11.6 Å². The molecule has 96 valence electrons. The van der Waals surface area contributed by atoms with E-state index in [1.807, 2.05) is 24.7 Å². The van der Waals surface area contributed by atoms with Crippen LogP contribution in [0.3, 0.4) is 0 Å². The highest BCUT2D eigenvalue weighted by molar-refractivity contribution is 5.90. The Morgan fingerprint density at radius 1 is 0.850 bits per heavy atom. The quantitative estimate of drug-likeness (QED) is 0.582. The number of benzene rings is 1. The molecule has 0 saturated carbocycles. The predicted molar refractivity (Wildman–Crippen MR) is 76.9 cm³/mol. The fourth-order valence-corrected chi connectivity index (χ4v) is 2.33. The van der Waals surface area contributed by atoms with Crippen molar-refractivity contribution in [3.8, 4) is 22.4 Å². The Balaban J connectivity index is 1.81. The second-order valence-electron chi connectivity index (χ2n) is 4.53. The number of fused-ring (bicyclic) bond motifs is 1. The van der Waals surface area contributed by atoms with Crippen LogP contribution in [-0.4, -0.2) is 25.1 Å². The predicted octanol–water partition coefficient (Wildman–Crippen LogP) is 3.01. The fraction of sp³-hybridized carbons (Fsp3) is 0. The van der Waals surface area contributed by atoms with E-state index in [2.05, 4.69) is 49.4 Å². The van der Waals surface area contributed by atoms with Gasteiger partial charge in [0.25, 0.3) is 0 Å². The molecule has 0 unspecified atom stereocenters. The van der Waals surface area contributed by atoms with Crippen LogP contribution in [0, 0.1) is 0 Å². The Kier molecular flexibility index (Phi) is 2.35. The van der Waals surface area contributed by atoms with E-state index in [1.54, 1.807) is 6.33 Å². The summed E-state index contributed by atoms with van der Waals surface area (Å²) in [5, 5.41) is 7.81. The maximum absolute atomic E-state index is 4.39. The minimum absolute atomic E-state index is 0.855. The largest absolute Gasteiger partial charge is 0.346 e. The van der Waals surface area contributed by atoms with Crippen molar-refractivity contribution in [1.82, 2.24) is 25.1 Å². The molecule has 0 radical (unpaired) electrons. The smallest absolute Gasteiger partial charge is 0.141 e. The first-order valence-electron chi connectivity index (χ1n) is 6.29. The molecule has 0 fully saturated rings. The highest BCUT2D eigenvalue weighted by Gasteiger charge is 2.07. The lowest BCUT2D eigenvalue weighted by molar-refractivity contribution is 1.09. The zero-order valence-corrected chi connectivity index (χ0v) is 10.5. The molecule has 2 N–H and O–H groups in total. The highest BCUT2D eigenvalue weighted by atomic mass is 15.1. The third-order valence-corrected chi connectivity index (χ3v) is 3.34. The number of hydrogen-bond donors (Lipinski definition) is 2. The maximum atomic E-state index is 4.39. The van der Waals surface area contributed by atoms with Gasteiger partial charge in [0.15, 0.2) is 0 Å². The summed E-state index contributed by atoms with van der Waals surface area (Å²) in [6.07, 6.45) is 7.15. The number of H-pyrrole nitrogens is 2. The Morgan fingerprint density at radius 2 is 1.70 bits per heavy atom. The average molecular weight is 261 g/mol. The molecule has 0 aliphatic heterocycles. The Labute approximate surface area is 114 Å². The van der Waals surface area contributed by atoms with Crippen LogP contribution < -0.4 is 0 Å². The lowest BCUT2D eigenvalue weighted by Crippen LogP contribution is -1.87. The molecular weight excluding hydrogens is 250 g/mol. The minimum Gasteiger partial charge on any atom is -0.346 e. The van der Waals surface area contributed by atoms with Crippen LogP contribution in [0.2, 0.25) is 0 Å². The van der Waals surface area contributed by atoms with E-state index in [-0.39, 0.29) is 0 Å². The lowest BCUT2D eigenvalue weighted by Gasteiger charge is -2.03. The molecule has 0 atom stereocenters. The van der Waals surface area contributed by atoms with Gasteiger partial charge >= 0.3 is 0 Å². The van der Waals surface area contributed by atoms with Crippen molar-refractivity contribution in [3.05, 3.63) is 55.2 Å². The van der Waals surface area contributed by atoms with Crippen molar-refractivity contribution >= 4 is 11.0 Å². The van der Waals surface area contributed by atoms with Gasteiger partial charge in [-0.25, -0.2) is 9.97 Å². The lowest BCUT2D eigenvalue weighted by atomic mass is 10.0. The molecule has 5 heteroatoms. The molecule has 0 aliphatic carbocycles. The zero-order chi connectivity index (χ0) is 13.4. The van der Waals surface area contributed by atoms with Crippen molar-refractivity contribution in [3.63, 3.8) is 0 Å². The van der Waals surface area contributed by atoms with Crippen LogP contribution in [0.15, 0.2) is 55.2 Å². The average Bonchev–Trinajstić information content (AvgIpc) is 3.18. The van der Waals surface area contributed by atoms with Gasteiger partial charge in [0.1, 0.15) is 12.0 Å². The van der Waals surface area contributed by atoms with E-state index in [0.717, 1.165) is 33.4 Å². The maximum Gasteiger partial charge on any atom is 0.141 e. The van der Waals surface area contributed by atoms with Crippen molar-refractivity contribution in [2.75, 3.05) is 0 Å². The Hall–Kier alpha value is -2.95. The summed E-state index contributed by atoms with van der Waals surface area (Å²) in [7, 11) is 0. The first-order valence-corrected chi connectivity index (χ1v) is 6.29. The van der Waals surface area contributed by atoms with Crippen molar-refractivity contribution in [1.29, 1.82) is 0 Å². The molecule has 0 spiro atoms. The van der Waals surface area contributed by atoms with E-state index < -0.39 is 0 Å². The summed E-state index contributed by atoms with van der Waals surface area (Å²) >= 11 is 0. The zero-order valence-electron chi connectivity index (χ0n) is 10.5. The molecular formula is C15H11N5. The molecule has 0 bridgehead atoms.